The normalized spacial score (nSPS) is 18.8. The Bertz CT molecular complexity index is 195. The standard InChI is InChI=1S/C13H27NO2/c1-12(2,3)16-9-7-13(5-6-13)11-14-8-10-15-4/h14H,5-11H2,1-4H3. The van der Waals surface area contributed by atoms with Crippen LogP contribution in [0.15, 0.2) is 0 Å². The molecule has 1 rings (SSSR count). The van der Waals surface area contributed by atoms with E-state index < -0.39 is 0 Å². The number of hydrogen-bond donors (Lipinski definition) is 1. The van der Waals surface area contributed by atoms with E-state index in [0.717, 1.165) is 26.3 Å². The topological polar surface area (TPSA) is 30.5 Å². The van der Waals surface area contributed by atoms with Crippen molar-refractivity contribution in [3.63, 3.8) is 0 Å². The number of rotatable bonds is 8. The average Bonchev–Trinajstić information content (AvgIpc) is 2.92. The summed E-state index contributed by atoms with van der Waals surface area (Å²) in [5.41, 5.74) is 0.526. The van der Waals surface area contributed by atoms with Crippen molar-refractivity contribution in [1.82, 2.24) is 5.32 Å². The molecule has 1 fully saturated rings. The molecule has 0 aromatic rings. The first-order valence-corrected chi connectivity index (χ1v) is 6.31. The van der Waals surface area contributed by atoms with E-state index in [2.05, 4.69) is 26.1 Å². The Kier molecular flexibility index (Phi) is 5.22. The average molecular weight is 229 g/mol. The second-order valence-corrected chi connectivity index (χ2v) is 5.88. The van der Waals surface area contributed by atoms with Crippen LogP contribution in [0.5, 0.6) is 0 Å². The van der Waals surface area contributed by atoms with Gasteiger partial charge in [0.2, 0.25) is 0 Å². The van der Waals surface area contributed by atoms with E-state index in [0.29, 0.717) is 5.41 Å². The Balaban J connectivity index is 2.06. The second-order valence-electron chi connectivity index (χ2n) is 5.88. The van der Waals surface area contributed by atoms with Crippen LogP contribution in [0.1, 0.15) is 40.0 Å². The van der Waals surface area contributed by atoms with E-state index in [9.17, 15) is 0 Å². The molecule has 0 spiro atoms. The predicted octanol–water partition coefficient (Wildman–Crippen LogP) is 2.21. The molecule has 3 nitrogen and oxygen atoms in total. The second kappa shape index (κ2) is 5.99. The molecule has 16 heavy (non-hydrogen) atoms. The minimum atomic E-state index is -0.000437. The maximum absolute atomic E-state index is 5.78. The molecule has 0 aromatic heterocycles. The lowest BCUT2D eigenvalue weighted by atomic mass is 10.0. The molecule has 1 saturated carbocycles. The van der Waals surface area contributed by atoms with Crippen LogP contribution in [0.25, 0.3) is 0 Å². The first kappa shape index (κ1) is 13.9. The molecule has 0 amide bonds. The third-order valence-corrected chi connectivity index (χ3v) is 3.11. The summed E-state index contributed by atoms with van der Waals surface area (Å²) in [7, 11) is 1.74. The Morgan fingerprint density at radius 2 is 1.88 bits per heavy atom. The largest absolute Gasteiger partial charge is 0.383 e. The van der Waals surface area contributed by atoms with Crippen molar-refractivity contribution in [3.05, 3.63) is 0 Å². The molecule has 1 aliphatic carbocycles. The van der Waals surface area contributed by atoms with Gasteiger partial charge in [0.15, 0.2) is 0 Å². The van der Waals surface area contributed by atoms with Gasteiger partial charge in [-0.2, -0.15) is 0 Å². The van der Waals surface area contributed by atoms with Crippen LogP contribution in [0.2, 0.25) is 0 Å². The minimum absolute atomic E-state index is 0.000437. The molecule has 0 atom stereocenters. The van der Waals surface area contributed by atoms with Crippen LogP contribution in [-0.2, 0) is 9.47 Å². The highest BCUT2D eigenvalue weighted by Crippen LogP contribution is 2.48. The lowest BCUT2D eigenvalue weighted by molar-refractivity contribution is -0.0108. The maximum atomic E-state index is 5.78. The molecule has 0 saturated heterocycles. The van der Waals surface area contributed by atoms with Gasteiger partial charge in [-0.15, -0.1) is 0 Å². The van der Waals surface area contributed by atoms with E-state index in [4.69, 9.17) is 9.47 Å². The van der Waals surface area contributed by atoms with Gasteiger partial charge < -0.3 is 14.8 Å². The summed E-state index contributed by atoms with van der Waals surface area (Å²) in [4.78, 5) is 0. The monoisotopic (exact) mass is 229 g/mol. The lowest BCUT2D eigenvalue weighted by Crippen LogP contribution is -2.29. The summed E-state index contributed by atoms with van der Waals surface area (Å²) in [6, 6.07) is 0. The van der Waals surface area contributed by atoms with Crippen LogP contribution in [0, 0.1) is 5.41 Å². The van der Waals surface area contributed by atoms with Crippen LogP contribution >= 0.6 is 0 Å². The Morgan fingerprint density at radius 3 is 2.38 bits per heavy atom. The first-order valence-electron chi connectivity index (χ1n) is 6.31. The van der Waals surface area contributed by atoms with E-state index in [-0.39, 0.29) is 5.60 Å². The molecule has 3 heteroatoms. The third kappa shape index (κ3) is 5.83. The van der Waals surface area contributed by atoms with Crippen molar-refractivity contribution in [2.24, 2.45) is 5.41 Å². The van der Waals surface area contributed by atoms with Crippen molar-refractivity contribution in [1.29, 1.82) is 0 Å². The van der Waals surface area contributed by atoms with Crippen LogP contribution in [0.4, 0.5) is 0 Å². The highest BCUT2D eigenvalue weighted by Gasteiger charge is 2.41. The molecule has 0 heterocycles. The van der Waals surface area contributed by atoms with Gasteiger partial charge in [-0.25, -0.2) is 0 Å². The molecule has 96 valence electrons. The lowest BCUT2D eigenvalue weighted by Gasteiger charge is -2.22. The Labute approximate surface area is 99.9 Å². The highest BCUT2D eigenvalue weighted by molar-refractivity contribution is 4.94. The van der Waals surface area contributed by atoms with Gasteiger partial charge in [-0.3, -0.25) is 0 Å². The Morgan fingerprint density at radius 1 is 1.19 bits per heavy atom. The zero-order valence-corrected chi connectivity index (χ0v) is 11.3. The molecular formula is C13H27NO2. The van der Waals surface area contributed by atoms with Gasteiger partial charge >= 0.3 is 0 Å². The Hall–Kier alpha value is -0.120. The van der Waals surface area contributed by atoms with Crippen LogP contribution in [0.3, 0.4) is 0 Å². The number of nitrogens with one attached hydrogen (secondary N) is 1. The molecular weight excluding hydrogens is 202 g/mol. The van der Waals surface area contributed by atoms with E-state index in [1.807, 2.05) is 0 Å². The summed E-state index contributed by atoms with van der Waals surface area (Å²) in [6.45, 7) is 10.1. The SMILES string of the molecule is COCCNCC1(CCOC(C)(C)C)CC1. The van der Waals surface area contributed by atoms with Gasteiger partial charge in [0.05, 0.1) is 12.2 Å². The van der Waals surface area contributed by atoms with Crippen molar-refractivity contribution in [2.45, 2.75) is 45.6 Å². The number of ether oxygens (including phenoxy) is 2. The number of methoxy groups -OCH3 is 1. The van der Waals surface area contributed by atoms with Gasteiger partial charge in [0.1, 0.15) is 0 Å². The van der Waals surface area contributed by atoms with Crippen molar-refractivity contribution < 1.29 is 9.47 Å². The van der Waals surface area contributed by atoms with Gasteiger partial charge in [0.25, 0.3) is 0 Å². The van der Waals surface area contributed by atoms with Gasteiger partial charge in [-0.1, -0.05) is 0 Å². The zero-order valence-electron chi connectivity index (χ0n) is 11.3. The molecule has 0 aromatic carbocycles. The first-order chi connectivity index (χ1) is 7.47. The predicted molar refractivity (Wildman–Crippen MR) is 66.7 cm³/mol. The molecule has 0 bridgehead atoms. The van der Waals surface area contributed by atoms with E-state index >= 15 is 0 Å². The molecule has 0 aliphatic heterocycles. The fraction of sp³-hybridized carbons (Fsp3) is 1.00. The van der Waals surface area contributed by atoms with E-state index in [1.165, 1.54) is 19.3 Å². The van der Waals surface area contributed by atoms with Crippen LogP contribution in [-0.4, -0.2) is 39.0 Å². The fourth-order valence-corrected chi connectivity index (χ4v) is 1.79. The molecule has 1 aliphatic rings. The summed E-state index contributed by atoms with van der Waals surface area (Å²) in [5.74, 6) is 0. The summed E-state index contributed by atoms with van der Waals surface area (Å²) < 4.78 is 10.8. The third-order valence-electron chi connectivity index (χ3n) is 3.11. The quantitative estimate of drug-likeness (QED) is 0.647. The van der Waals surface area contributed by atoms with Crippen molar-refractivity contribution in [3.8, 4) is 0 Å². The summed E-state index contributed by atoms with van der Waals surface area (Å²) in [6.07, 6.45) is 3.88. The van der Waals surface area contributed by atoms with Crippen molar-refractivity contribution >= 4 is 0 Å². The highest BCUT2D eigenvalue weighted by atomic mass is 16.5. The zero-order chi connectivity index (χ0) is 12.1. The fourth-order valence-electron chi connectivity index (χ4n) is 1.79. The van der Waals surface area contributed by atoms with Crippen molar-refractivity contribution in [2.75, 3.05) is 33.4 Å². The molecule has 1 N–H and O–H groups in total. The van der Waals surface area contributed by atoms with Gasteiger partial charge in [0, 0.05) is 26.8 Å². The summed E-state index contributed by atoms with van der Waals surface area (Å²) in [5, 5.41) is 3.46. The minimum Gasteiger partial charge on any atom is -0.383 e. The van der Waals surface area contributed by atoms with Crippen LogP contribution < -0.4 is 5.32 Å². The smallest absolute Gasteiger partial charge is 0.0598 e. The number of hydrogen-bond acceptors (Lipinski definition) is 3. The summed E-state index contributed by atoms with van der Waals surface area (Å²) >= 11 is 0. The maximum Gasteiger partial charge on any atom is 0.0598 e. The molecule has 0 unspecified atom stereocenters. The van der Waals surface area contributed by atoms with Gasteiger partial charge in [-0.05, 0) is 45.4 Å². The molecule has 0 radical (unpaired) electrons. The van der Waals surface area contributed by atoms with E-state index in [1.54, 1.807) is 7.11 Å².